The number of carbonyl (C=O) groups excluding carboxylic acids is 1. The predicted octanol–water partition coefficient (Wildman–Crippen LogP) is 2.70. The molecule has 0 aromatic carbocycles. The number of aromatic nitrogens is 1. The second kappa shape index (κ2) is 4.19. The summed E-state index contributed by atoms with van der Waals surface area (Å²) in [5.74, 6) is -0.443. The molecule has 0 atom stereocenters. The summed E-state index contributed by atoms with van der Waals surface area (Å²) in [6.07, 6.45) is 0. The molecule has 13 heavy (non-hydrogen) atoms. The Kier molecular flexibility index (Phi) is 3.44. The van der Waals surface area contributed by atoms with E-state index in [0.29, 0.717) is 4.60 Å². The fraction of sp³-hybridized carbons (Fsp3) is 0.250. The average Bonchev–Trinajstić information content (AvgIpc) is 2.12. The summed E-state index contributed by atoms with van der Waals surface area (Å²) in [5, 5.41) is 0. The third-order valence-electron chi connectivity index (χ3n) is 1.54. The number of rotatable bonds is 1. The van der Waals surface area contributed by atoms with Crippen LogP contribution < -0.4 is 0 Å². The van der Waals surface area contributed by atoms with Gasteiger partial charge in [-0.05, 0) is 34.5 Å². The van der Waals surface area contributed by atoms with E-state index in [9.17, 15) is 4.79 Å². The molecule has 0 bridgehead atoms. The SMILES string of the molecule is COC(=O)c1cc(Br)c(C)c(Br)n1. The molecule has 0 aliphatic carbocycles. The first-order chi connectivity index (χ1) is 6.06. The predicted molar refractivity (Wildman–Crippen MR) is 55.7 cm³/mol. The molecule has 1 aromatic rings. The lowest BCUT2D eigenvalue weighted by atomic mass is 10.3. The van der Waals surface area contributed by atoms with E-state index in [-0.39, 0.29) is 5.69 Å². The highest BCUT2D eigenvalue weighted by Crippen LogP contribution is 2.23. The van der Waals surface area contributed by atoms with Crippen molar-refractivity contribution in [2.24, 2.45) is 0 Å². The number of ether oxygens (including phenoxy) is 1. The van der Waals surface area contributed by atoms with Crippen molar-refractivity contribution in [1.82, 2.24) is 4.98 Å². The summed E-state index contributed by atoms with van der Waals surface area (Å²) < 4.78 is 6.01. The standard InChI is InChI=1S/C8H7Br2NO2/c1-4-5(9)3-6(8(12)13-2)11-7(4)10/h3H,1-2H3. The van der Waals surface area contributed by atoms with E-state index in [4.69, 9.17) is 0 Å². The molecule has 1 rings (SSSR count). The molecule has 5 heteroatoms. The Hall–Kier alpha value is -0.420. The first-order valence-electron chi connectivity index (χ1n) is 3.47. The molecule has 0 aliphatic rings. The Balaban J connectivity index is 3.20. The zero-order valence-electron chi connectivity index (χ0n) is 7.10. The molecule has 0 saturated heterocycles. The van der Waals surface area contributed by atoms with E-state index in [1.54, 1.807) is 6.07 Å². The van der Waals surface area contributed by atoms with Crippen molar-refractivity contribution in [1.29, 1.82) is 0 Å². The number of halogens is 2. The van der Waals surface area contributed by atoms with Gasteiger partial charge in [0.15, 0.2) is 5.69 Å². The largest absolute Gasteiger partial charge is 0.464 e. The number of esters is 1. The topological polar surface area (TPSA) is 39.2 Å². The van der Waals surface area contributed by atoms with E-state index in [1.807, 2.05) is 6.92 Å². The summed E-state index contributed by atoms with van der Waals surface area (Å²) in [6, 6.07) is 1.63. The molecule has 1 aromatic heterocycles. The highest BCUT2D eigenvalue weighted by atomic mass is 79.9. The van der Waals surface area contributed by atoms with Crippen LogP contribution >= 0.6 is 31.9 Å². The van der Waals surface area contributed by atoms with Gasteiger partial charge in [0.05, 0.1) is 7.11 Å². The molecule has 3 nitrogen and oxygen atoms in total. The maximum atomic E-state index is 11.1. The lowest BCUT2D eigenvalue weighted by molar-refractivity contribution is 0.0593. The van der Waals surface area contributed by atoms with Crippen molar-refractivity contribution in [2.75, 3.05) is 7.11 Å². The van der Waals surface area contributed by atoms with Crippen molar-refractivity contribution in [3.8, 4) is 0 Å². The summed E-state index contributed by atoms with van der Waals surface area (Å²) in [4.78, 5) is 15.1. The van der Waals surface area contributed by atoms with Gasteiger partial charge in [0, 0.05) is 4.47 Å². The maximum absolute atomic E-state index is 11.1. The normalized spacial score (nSPS) is 9.85. The smallest absolute Gasteiger partial charge is 0.356 e. The summed E-state index contributed by atoms with van der Waals surface area (Å²) in [5.41, 5.74) is 1.24. The van der Waals surface area contributed by atoms with E-state index < -0.39 is 5.97 Å². The van der Waals surface area contributed by atoms with Gasteiger partial charge >= 0.3 is 5.97 Å². The Bertz CT molecular complexity index is 329. The minimum Gasteiger partial charge on any atom is -0.464 e. The van der Waals surface area contributed by atoms with E-state index in [1.165, 1.54) is 7.11 Å². The summed E-state index contributed by atoms with van der Waals surface area (Å²) in [7, 11) is 1.33. The molecule has 0 saturated carbocycles. The van der Waals surface area contributed by atoms with Crippen LogP contribution in [-0.2, 0) is 4.74 Å². The molecule has 70 valence electrons. The Labute approximate surface area is 92.8 Å². The number of carbonyl (C=O) groups is 1. The fourth-order valence-corrected chi connectivity index (χ4v) is 1.83. The Morgan fingerprint density at radius 1 is 1.54 bits per heavy atom. The first kappa shape index (κ1) is 10.7. The second-order valence-corrected chi connectivity index (χ2v) is 4.00. The van der Waals surface area contributed by atoms with Crippen LogP contribution in [0.1, 0.15) is 16.1 Å². The van der Waals surface area contributed by atoms with Gasteiger partial charge in [0.25, 0.3) is 0 Å². The monoisotopic (exact) mass is 307 g/mol. The zero-order chi connectivity index (χ0) is 10.0. The van der Waals surface area contributed by atoms with Crippen LogP contribution in [0, 0.1) is 6.92 Å². The highest BCUT2D eigenvalue weighted by molar-refractivity contribution is 9.11. The molecule has 0 N–H and O–H groups in total. The van der Waals surface area contributed by atoms with Crippen LogP contribution in [0.4, 0.5) is 0 Å². The maximum Gasteiger partial charge on any atom is 0.356 e. The van der Waals surface area contributed by atoms with Crippen LogP contribution in [0.2, 0.25) is 0 Å². The average molecular weight is 309 g/mol. The third kappa shape index (κ3) is 2.28. The molecule has 0 radical (unpaired) electrons. The lowest BCUT2D eigenvalue weighted by Crippen LogP contribution is -2.05. The molecule has 1 heterocycles. The van der Waals surface area contributed by atoms with Crippen molar-refractivity contribution < 1.29 is 9.53 Å². The number of hydrogen-bond donors (Lipinski definition) is 0. The lowest BCUT2D eigenvalue weighted by Gasteiger charge is -2.03. The molecule has 0 unspecified atom stereocenters. The summed E-state index contributed by atoms with van der Waals surface area (Å²) >= 11 is 6.56. The minimum absolute atomic E-state index is 0.284. The van der Waals surface area contributed by atoms with E-state index in [0.717, 1.165) is 10.0 Å². The van der Waals surface area contributed by atoms with Crippen LogP contribution in [0.15, 0.2) is 15.1 Å². The van der Waals surface area contributed by atoms with Crippen molar-refractivity contribution in [2.45, 2.75) is 6.92 Å². The van der Waals surface area contributed by atoms with Gasteiger partial charge in [-0.1, -0.05) is 15.9 Å². The quantitative estimate of drug-likeness (QED) is 0.591. The third-order valence-corrected chi connectivity index (χ3v) is 3.14. The molecule has 0 amide bonds. The zero-order valence-corrected chi connectivity index (χ0v) is 10.3. The van der Waals surface area contributed by atoms with Gasteiger partial charge in [-0.15, -0.1) is 0 Å². The number of methoxy groups -OCH3 is 1. The van der Waals surface area contributed by atoms with Gasteiger partial charge in [0.2, 0.25) is 0 Å². The summed E-state index contributed by atoms with van der Waals surface area (Å²) in [6.45, 7) is 1.89. The second-order valence-electron chi connectivity index (χ2n) is 2.40. The van der Waals surface area contributed by atoms with Crippen LogP contribution in [0.5, 0.6) is 0 Å². The van der Waals surface area contributed by atoms with E-state index >= 15 is 0 Å². The fourth-order valence-electron chi connectivity index (χ4n) is 0.758. The number of pyridine rings is 1. The number of nitrogens with zero attached hydrogens (tertiary/aromatic N) is 1. The Morgan fingerprint density at radius 2 is 2.15 bits per heavy atom. The van der Waals surface area contributed by atoms with Crippen molar-refractivity contribution >= 4 is 37.8 Å². The Morgan fingerprint density at radius 3 is 2.62 bits per heavy atom. The van der Waals surface area contributed by atoms with Crippen molar-refractivity contribution in [3.63, 3.8) is 0 Å². The van der Waals surface area contributed by atoms with Crippen molar-refractivity contribution in [3.05, 3.63) is 26.4 Å². The molecule has 0 aliphatic heterocycles. The molecular weight excluding hydrogens is 302 g/mol. The number of hydrogen-bond acceptors (Lipinski definition) is 3. The van der Waals surface area contributed by atoms with Gasteiger partial charge in [0.1, 0.15) is 4.60 Å². The van der Waals surface area contributed by atoms with E-state index in [2.05, 4.69) is 41.6 Å². The van der Waals surface area contributed by atoms with Gasteiger partial charge < -0.3 is 4.74 Å². The van der Waals surface area contributed by atoms with Gasteiger partial charge in [-0.3, -0.25) is 0 Å². The van der Waals surface area contributed by atoms with Gasteiger partial charge in [-0.25, -0.2) is 9.78 Å². The molecule has 0 spiro atoms. The van der Waals surface area contributed by atoms with Crippen LogP contribution in [0.25, 0.3) is 0 Å². The van der Waals surface area contributed by atoms with Gasteiger partial charge in [-0.2, -0.15) is 0 Å². The van der Waals surface area contributed by atoms with Crippen LogP contribution in [0.3, 0.4) is 0 Å². The van der Waals surface area contributed by atoms with Crippen LogP contribution in [-0.4, -0.2) is 18.1 Å². The highest BCUT2D eigenvalue weighted by Gasteiger charge is 2.11. The minimum atomic E-state index is -0.443. The molecular formula is C8H7Br2NO2. The first-order valence-corrected chi connectivity index (χ1v) is 5.06. The molecule has 0 fully saturated rings.